The molecule has 2 N–H and O–H groups in total. The first-order chi connectivity index (χ1) is 8.11. The van der Waals surface area contributed by atoms with Crippen molar-refractivity contribution in [2.75, 3.05) is 0 Å². The Morgan fingerprint density at radius 1 is 1.29 bits per heavy atom. The zero-order valence-corrected chi connectivity index (χ0v) is 10.8. The van der Waals surface area contributed by atoms with Gasteiger partial charge in [0.25, 0.3) is 0 Å². The lowest BCUT2D eigenvalue weighted by Gasteiger charge is -2.09. The molecule has 0 aliphatic rings. The van der Waals surface area contributed by atoms with Gasteiger partial charge < -0.3 is 5.73 Å². The largest absolute Gasteiger partial charge is 0.325 e. The molecule has 4 heteroatoms. The molecule has 2 rings (SSSR count). The summed E-state index contributed by atoms with van der Waals surface area (Å²) >= 11 is 5.88. The molecule has 90 valence electrons. The van der Waals surface area contributed by atoms with E-state index in [1.807, 2.05) is 28.9 Å². The molecule has 0 aliphatic heterocycles. The lowest BCUT2D eigenvalue weighted by Crippen LogP contribution is -2.04. The van der Waals surface area contributed by atoms with Crippen LogP contribution in [0.25, 0.3) is 5.69 Å². The Morgan fingerprint density at radius 3 is 2.47 bits per heavy atom. The third kappa shape index (κ3) is 2.51. The minimum absolute atomic E-state index is 0.401. The maximum absolute atomic E-state index is 5.88. The van der Waals surface area contributed by atoms with E-state index in [2.05, 4.69) is 25.0 Å². The monoisotopic (exact) mass is 249 g/mol. The number of aromatic nitrogens is 2. The molecule has 0 radical (unpaired) electrons. The minimum Gasteiger partial charge on any atom is -0.325 e. The Bertz CT molecular complexity index is 500. The SMILES string of the molecule is CC(C)c1cc(CN)nn1-c1ccc(Cl)cc1. The van der Waals surface area contributed by atoms with Crippen LogP contribution < -0.4 is 5.73 Å². The zero-order valence-electron chi connectivity index (χ0n) is 10.0. The molecule has 0 atom stereocenters. The van der Waals surface area contributed by atoms with E-state index in [0.29, 0.717) is 12.5 Å². The van der Waals surface area contributed by atoms with Crippen LogP contribution in [-0.2, 0) is 6.54 Å². The second kappa shape index (κ2) is 4.90. The van der Waals surface area contributed by atoms with Gasteiger partial charge in [-0.3, -0.25) is 0 Å². The van der Waals surface area contributed by atoms with Crippen molar-refractivity contribution in [3.8, 4) is 5.69 Å². The number of hydrogen-bond donors (Lipinski definition) is 1. The summed E-state index contributed by atoms with van der Waals surface area (Å²) in [5.41, 5.74) is 8.72. The normalized spacial score (nSPS) is 11.1. The Balaban J connectivity index is 2.49. The van der Waals surface area contributed by atoms with E-state index in [-0.39, 0.29) is 0 Å². The topological polar surface area (TPSA) is 43.8 Å². The summed E-state index contributed by atoms with van der Waals surface area (Å²) in [7, 11) is 0. The van der Waals surface area contributed by atoms with E-state index in [9.17, 15) is 0 Å². The summed E-state index contributed by atoms with van der Waals surface area (Å²) in [6.07, 6.45) is 0. The fourth-order valence-electron chi connectivity index (χ4n) is 1.75. The van der Waals surface area contributed by atoms with Crippen LogP contribution in [0.5, 0.6) is 0 Å². The molecule has 1 heterocycles. The van der Waals surface area contributed by atoms with Crippen molar-refractivity contribution < 1.29 is 0 Å². The van der Waals surface area contributed by atoms with Crippen LogP contribution in [0.3, 0.4) is 0 Å². The highest BCUT2D eigenvalue weighted by Gasteiger charge is 2.11. The third-order valence-corrected chi connectivity index (χ3v) is 2.91. The Labute approximate surface area is 106 Å². The summed E-state index contributed by atoms with van der Waals surface area (Å²) in [6, 6.07) is 9.71. The van der Waals surface area contributed by atoms with Crippen molar-refractivity contribution in [2.45, 2.75) is 26.3 Å². The van der Waals surface area contributed by atoms with Crippen molar-refractivity contribution in [2.24, 2.45) is 5.73 Å². The Hall–Kier alpha value is -1.32. The quantitative estimate of drug-likeness (QED) is 0.908. The lowest BCUT2D eigenvalue weighted by molar-refractivity contribution is 0.727. The molecule has 0 bridgehead atoms. The molecule has 0 spiro atoms. The van der Waals surface area contributed by atoms with Crippen molar-refractivity contribution in [1.82, 2.24) is 9.78 Å². The van der Waals surface area contributed by atoms with Gasteiger partial charge in [0.15, 0.2) is 0 Å². The fraction of sp³-hybridized carbons (Fsp3) is 0.308. The molecule has 2 aromatic rings. The van der Waals surface area contributed by atoms with Crippen LogP contribution in [0.2, 0.25) is 5.02 Å². The van der Waals surface area contributed by atoms with Gasteiger partial charge in [0, 0.05) is 17.3 Å². The average molecular weight is 250 g/mol. The molecule has 3 nitrogen and oxygen atoms in total. The molecule has 0 unspecified atom stereocenters. The van der Waals surface area contributed by atoms with Crippen LogP contribution in [0.4, 0.5) is 0 Å². The number of benzene rings is 1. The fourth-order valence-corrected chi connectivity index (χ4v) is 1.87. The molecule has 0 aliphatic carbocycles. The zero-order chi connectivity index (χ0) is 12.4. The average Bonchev–Trinajstić information content (AvgIpc) is 2.74. The van der Waals surface area contributed by atoms with Gasteiger partial charge >= 0.3 is 0 Å². The number of nitrogens with two attached hydrogens (primary N) is 1. The number of rotatable bonds is 3. The van der Waals surface area contributed by atoms with Crippen LogP contribution in [0.1, 0.15) is 31.2 Å². The highest BCUT2D eigenvalue weighted by Crippen LogP contribution is 2.21. The standard InChI is InChI=1S/C13H16ClN3/c1-9(2)13-7-11(8-15)16-17(13)12-5-3-10(14)4-6-12/h3-7,9H,8,15H2,1-2H3. The van der Waals surface area contributed by atoms with Gasteiger partial charge in [-0.1, -0.05) is 25.4 Å². The summed E-state index contributed by atoms with van der Waals surface area (Å²) in [5, 5.41) is 5.23. The van der Waals surface area contributed by atoms with Crippen molar-refractivity contribution >= 4 is 11.6 Å². The lowest BCUT2D eigenvalue weighted by atomic mass is 10.1. The van der Waals surface area contributed by atoms with Crippen LogP contribution in [-0.4, -0.2) is 9.78 Å². The first-order valence-corrected chi connectivity index (χ1v) is 6.04. The number of hydrogen-bond acceptors (Lipinski definition) is 2. The van der Waals surface area contributed by atoms with E-state index in [1.54, 1.807) is 0 Å². The number of nitrogens with zero attached hydrogens (tertiary/aromatic N) is 2. The van der Waals surface area contributed by atoms with Crippen LogP contribution in [0, 0.1) is 0 Å². The van der Waals surface area contributed by atoms with Crippen molar-refractivity contribution in [3.05, 3.63) is 46.7 Å². The maximum Gasteiger partial charge on any atom is 0.0767 e. The predicted octanol–water partition coefficient (Wildman–Crippen LogP) is 3.11. The molecule has 0 saturated carbocycles. The summed E-state index contributed by atoms with van der Waals surface area (Å²) in [5.74, 6) is 0.401. The minimum atomic E-state index is 0.401. The highest BCUT2D eigenvalue weighted by atomic mass is 35.5. The van der Waals surface area contributed by atoms with Gasteiger partial charge in [-0.25, -0.2) is 4.68 Å². The first kappa shape index (κ1) is 12.1. The predicted molar refractivity (Wildman–Crippen MR) is 70.6 cm³/mol. The van der Waals surface area contributed by atoms with E-state index in [4.69, 9.17) is 17.3 Å². The highest BCUT2D eigenvalue weighted by molar-refractivity contribution is 6.30. The molecule has 0 fully saturated rings. The third-order valence-electron chi connectivity index (χ3n) is 2.66. The van der Waals surface area contributed by atoms with Gasteiger partial charge in [-0.2, -0.15) is 5.10 Å². The van der Waals surface area contributed by atoms with Crippen LogP contribution in [0.15, 0.2) is 30.3 Å². The van der Waals surface area contributed by atoms with Gasteiger partial charge in [0.05, 0.1) is 11.4 Å². The van der Waals surface area contributed by atoms with E-state index in [1.165, 1.54) is 0 Å². The van der Waals surface area contributed by atoms with E-state index < -0.39 is 0 Å². The first-order valence-electron chi connectivity index (χ1n) is 5.66. The molecule has 1 aromatic carbocycles. The molecule has 17 heavy (non-hydrogen) atoms. The van der Waals surface area contributed by atoms with Crippen LogP contribution >= 0.6 is 11.6 Å². The summed E-state index contributed by atoms with van der Waals surface area (Å²) < 4.78 is 1.93. The van der Waals surface area contributed by atoms with Crippen molar-refractivity contribution in [3.63, 3.8) is 0 Å². The number of halogens is 1. The summed E-state index contributed by atoms with van der Waals surface area (Å²) in [6.45, 7) is 4.74. The summed E-state index contributed by atoms with van der Waals surface area (Å²) in [4.78, 5) is 0. The van der Waals surface area contributed by atoms with E-state index in [0.717, 1.165) is 22.1 Å². The van der Waals surface area contributed by atoms with Gasteiger partial charge in [0.2, 0.25) is 0 Å². The molecule has 0 saturated heterocycles. The van der Waals surface area contributed by atoms with E-state index >= 15 is 0 Å². The molecule has 1 aromatic heterocycles. The second-order valence-corrected chi connectivity index (χ2v) is 4.74. The van der Waals surface area contributed by atoms with Gasteiger partial charge in [-0.15, -0.1) is 0 Å². The Morgan fingerprint density at radius 2 is 1.94 bits per heavy atom. The molecule has 0 amide bonds. The smallest absolute Gasteiger partial charge is 0.0767 e. The Kier molecular flexibility index (Phi) is 3.50. The maximum atomic E-state index is 5.88. The van der Waals surface area contributed by atoms with Gasteiger partial charge in [0.1, 0.15) is 0 Å². The van der Waals surface area contributed by atoms with Gasteiger partial charge in [-0.05, 0) is 36.2 Å². The van der Waals surface area contributed by atoms with Crippen molar-refractivity contribution in [1.29, 1.82) is 0 Å². The molecular weight excluding hydrogens is 234 g/mol. The second-order valence-electron chi connectivity index (χ2n) is 4.31. The molecular formula is C13H16ClN3.